The zero-order valence-electron chi connectivity index (χ0n) is 13.6. The van der Waals surface area contributed by atoms with E-state index < -0.39 is 0 Å². The van der Waals surface area contributed by atoms with Crippen LogP contribution in [0, 0.1) is 4.91 Å². The first-order valence-corrected chi connectivity index (χ1v) is 8.31. The Labute approximate surface area is 140 Å². The number of nitroso groups, excluding NO2 is 1. The summed E-state index contributed by atoms with van der Waals surface area (Å²) in [5.41, 5.74) is 0.686. The molecule has 1 saturated heterocycles. The maximum absolute atomic E-state index is 11.4. The zero-order chi connectivity index (χ0) is 16.8. The largest absolute Gasteiger partial charge is 0.494 e. The Bertz CT molecular complexity index is 738. The van der Waals surface area contributed by atoms with E-state index in [1.807, 2.05) is 18.2 Å². The van der Waals surface area contributed by atoms with Crippen molar-refractivity contribution in [3.8, 4) is 5.75 Å². The van der Waals surface area contributed by atoms with Crippen molar-refractivity contribution in [2.24, 2.45) is 5.29 Å². The SMILES string of the molecule is O=NN1CCN(CCCCOc2ccc3ccc(=O)[nH]c3c2)CC1. The molecule has 2 aromatic rings. The molecule has 7 heteroatoms. The van der Waals surface area contributed by atoms with Crippen LogP contribution in [-0.2, 0) is 0 Å². The Morgan fingerprint density at radius 2 is 1.88 bits per heavy atom. The molecule has 0 atom stereocenters. The smallest absolute Gasteiger partial charge is 0.248 e. The highest BCUT2D eigenvalue weighted by Gasteiger charge is 2.15. The number of benzene rings is 1. The number of pyridine rings is 1. The summed E-state index contributed by atoms with van der Waals surface area (Å²) < 4.78 is 5.77. The Hall–Kier alpha value is -2.41. The van der Waals surface area contributed by atoms with Crippen LogP contribution in [0.5, 0.6) is 5.75 Å². The first-order chi connectivity index (χ1) is 11.7. The van der Waals surface area contributed by atoms with Gasteiger partial charge in [-0.25, -0.2) is 0 Å². The van der Waals surface area contributed by atoms with Gasteiger partial charge in [0.15, 0.2) is 0 Å². The van der Waals surface area contributed by atoms with E-state index in [9.17, 15) is 9.70 Å². The molecular formula is C17H22N4O3. The molecule has 3 rings (SSSR count). The van der Waals surface area contributed by atoms with Crippen molar-refractivity contribution in [2.45, 2.75) is 12.8 Å². The Balaban J connectivity index is 1.39. The summed E-state index contributed by atoms with van der Waals surface area (Å²) in [5, 5.41) is 5.53. The molecule has 1 N–H and O–H groups in total. The fourth-order valence-electron chi connectivity index (χ4n) is 2.89. The van der Waals surface area contributed by atoms with E-state index in [0.717, 1.165) is 62.2 Å². The number of ether oxygens (including phenoxy) is 1. The number of fused-ring (bicyclic) bond motifs is 1. The van der Waals surface area contributed by atoms with Gasteiger partial charge in [0.1, 0.15) is 5.75 Å². The number of piperazine rings is 1. The predicted molar refractivity (Wildman–Crippen MR) is 93.1 cm³/mol. The van der Waals surface area contributed by atoms with Crippen LogP contribution in [0.4, 0.5) is 0 Å². The summed E-state index contributed by atoms with van der Waals surface area (Å²) >= 11 is 0. The van der Waals surface area contributed by atoms with Crippen molar-refractivity contribution < 1.29 is 4.74 Å². The van der Waals surface area contributed by atoms with Gasteiger partial charge >= 0.3 is 0 Å². The molecule has 0 unspecified atom stereocenters. The number of aromatic nitrogens is 1. The lowest BCUT2D eigenvalue weighted by Crippen LogP contribution is -2.44. The molecule has 1 aromatic carbocycles. The van der Waals surface area contributed by atoms with Gasteiger partial charge < -0.3 is 9.72 Å². The summed E-state index contributed by atoms with van der Waals surface area (Å²) in [4.78, 5) is 26.9. The molecule has 0 spiro atoms. The van der Waals surface area contributed by atoms with Crippen LogP contribution in [0.1, 0.15) is 12.8 Å². The number of aromatic amines is 1. The lowest BCUT2D eigenvalue weighted by atomic mass is 10.2. The molecule has 0 radical (unpaired) electrons. The quantitative estimate of drug-likeness (QED) is 0.620. The van der Waals surface area contributed by atoms with Crippen LogP contribution in [0.15, 0.2) is 40.4 Å². The van der Waals surface area contributed by atoms with E-state index in [2.05, 4.69) is 15.2 Å². The van der Waals surface area contributed by atoms with Crippen molar-refractivity contribution in [3.63, 3.8) is 0 Å². The fraction of sp³-hybridized carbons (Fsp3) is 0.471. The Kier molecular flexibility index (Phi) is 5.43. The highest BCUT2D eigenvalue weighted by Crippen LogP contribution is 2.18. The second kappa shape index (κ2) is 7.92. The highest BCUT2D eigenvalue weighted by atomic mass is 16.5. The zero-order valence-corrected chi connectivity index (χ0v) is 13.6. The maximum atomic E-state index is 11.4. The van der Waals surface area contributed by atoms with Gasteiger partial charge in [-0.05, 0) is 43.0 Å². The molecule has 0 amide bonds. The monoisotopic (exact) mass is 330 g/mol. The molecule has 1 aliphatic rings. The number of nitrogens with one attached hydrogen (secondary N) is 1. The fourth-order valence-corrected chi connectivity index (χ4v) is 2.89. The van der Waals surface area contributed by atoms with Gasteiger partial charge in [0.05, 0.1) is 30.5 Å². The van der Waals surface area contributed by atoms with E-state index in [1.54, 1.807) is 11.1 Å². The average molecular weight is 330 g/mol. The molecule has 1 aromatic heterocycles. The van der Waals surface area contributed by atoms with Gasteiger partial charge in [-0.15, -0.1) is 4.91 Å². The number of unbranched alkanes of at least 4 members (excludes halogenated alkanes) is 1. The molecule has 24 heavy (non-hydrogen) atoms. The van der Waals surface area contributed by atoms with Crippen LogP contribution in [-0.4, -0.2) is 54.2 Å². The first-order valence-electron chi connectivity index (χ1n) is 8.31. The summed E-state index contributed by atoms with van der Waals surface area (Å²) in [6.07, 6.45) is 2.02. The molecule has 1 fully saturated rings. The summed E-state index contributed by atoms with van der Waals surface area (Å²) in [6, 6.07) is 9.06. The van der Waals surface area contributed by atoms with E-state index in [0.29, 0.717) is 6.61 Å². The Morgan fingerprint density at radius 3 is 2.67 bits per heavy atom. The average Bonchev–Trinajstić information content (AvgIpc) is 2.61. The molecule has 7 nitrogen and oxygen atoms in total. The van der Waals surface area contributed by atoms with Crippen LogP contribution in [0.3, 0.4) is 0 Å². The third-order valence-corrected chi connectivity index (χ3v) is 4.30. The van der Waals surface area contributed by atoms with E-state index in [1.165, 1.54) is 6.07 Å². The molecule has 0 aliphatic carbocycles. The van der Waals surface area contributed by atoms with E-state index >= 15 is 0 Å². The standard InChI is InChI=1S/C17H22N4O3/c22-17-6-4-14-3-5-15(13-16(14)18-17)24-12-2-1-7-20-8-10-21(19-23)11-9-20/h3-6,13H,1-2,7-12H2,(H,18,22). The Morgan fingerprint density at radius 1 is 1.08 bits per heavy atom. The van der Waals surface area contributed by atoms with E-state index in [-0.39, 0.29) is 5.56 Å². The van der Waals surface area contributed by atoms with Crippen molar-refractivity contribution in [2.75, 3.05) is 39.3 Å². The molecule has 0 bridgehead atoms. The van der Waals surface area contributed by atoms with Crippen molar-refractivity contribution in [1.29, 1.82) is 0 Å². The molecule has 2 heterocycles. The maximum Gasteiger partial charge on any atom is 0.248 e. The van der Waals surface area contributed by atoms with Gasteiger partial charge in [0.2, 0.25) is 5.56 Å². The number of nitrogens with zero attached hydrogens (tertiary/aromatic N) is 3. The third kappa shape index (κ3) is 4.32. The van der Waals surface area contributed by atoms with Crippen molar-refractivity contribution >= 4 is 10.9 Å². The second-order valence-electron chi connectivity index (χ2n) is 6.00. The number of hydrogen-bond acceptors (Lipinski definition) is 5. The van der Waals surface area contributed by atoms with Crippen LogP contribution < -0.4 is 10.3 Å². The third-order valence-electron chi connectivity index (χ3n) is 4.30. The van der Waals surface area contributed by atoms with Crippen LogP contribution >= 0.6 is 0 Å². The van der Waals surface area contributed by atoms with E-state index in [4.69, 9.17) is 4.74 Å². The topological polar surface area (TPSA) is 78.0 Å². The molecule has 1 aliphatic heterocycles. The predicted octanol–water partition coefficient (Wildman–Crippen LogP) is 1.99. The number of hydrogen-bond donors (Lipinski definition) is 1. The van der Waals surface area contributed by atoms with Crippen LogP contribution in [0.25, 0.3) is 10.9 Å². The second-order valence-corrected chi connectivity index (χ2v) is 6.00. The van der Waals surface area contributed by atoms with Gasteiger partial charge in [-0.1, -0.05) is 0 Å². The molecule has 0 saturated carbocycles. The lowest BCUT2D eigenvalue weighted by molar-refractivity contribution is 0.131. The minimum Gasteiger partial charge on any atom is -0.494 e. The summed E-state index contributed by atoms with van der Waals surface area (Å²) in [6.45, 7) is 4.89. The first kappa shape index (κ1) is 16.4. The number of H-pyrrole nitrogens is 1. The minimum absolute atomic E-state index is 0.107. The van der Waals surface area contributed by atoms with Crippen LogP contribution in [0.2, 0.25) is 0 Å². The van der Waals surface area contributed by atoms with Gasteiger partial charge in [-0.2, -0.15) is 0 Å². The summed E-state index contributed by atoms with van der Waals surface area (Å²) in [7, 11) is 0. The van der Waals surface area contributed by atoms with Gasteiger partial charge in [0.25, 0.3) is 0 Å². The summed E-state index contributed by atoms with van der Waals surface area (Å²) in [5.74, 6) is 0.773. The van der Waals surface area contributed by atoms with Gasteiger partial charge in [-0.3, -0.25) is 14.7 Å². The van der Waals surface area contributed by atoms with Crippen molar-refractivity contribution in [1.82, 2.24) is 14.9 Å². The normalized spacial score (nSPS) is 15.6. The lowest BCUT2D eigenvalue weighted by Gasteiger charge is -2.31. The molecule has 128 valence electrons. The van der Waals surface area contributed by atoms with Crippen molar-refractivity contribution in [3.05, 3.63) is 45.6 Å². The van der Waals surface area contributed by atoms with Gasteiger partial charge in [0, 0.05) is 25.2 Å². The molecular weight excluding hydrogens is 308 g/mol. The minimum atomic E-state index is -0.107. The number of rotatable bonds is 7. The highest BCUT2D eigenvalue weighted by molar-refractivity contribution is 5.79.